The molecule has 150 valence electrons. The predicted molar refractivity (Wildman–Crippen MR) is 114 cm³/mol. The van der Waals surface area contributed by atoms with Crippen molar-refractivity contribution in [3.05, 3.63) is 35.5 Å². The zero-order chi connectivity index (χ0) is 19.5. The molecule has 2 aliphatic rings. The largest absolute Gasteiger partial charge is 0.496 e. The number of nitrogens with one attached hydrogen (secondary N) is 2. The minimum Gasteiger partial charge on any atom is -0.496 e. The van der Waals surface area contributed by atoms with Crippen molar-refractivity contribution < 1.29 is 4.74 Å². The molecular formula is C22H31N5O. The normalized spacial score (nSPS) is 22.0. The lowest BCUT2D eigenvalue weighted by molar-refractivity contribution is 0.178. The van der Waals surface area contributed by atoms with E-state index in [1.54, 1.807) is 7.11 Å². The average Bonchev–Trinajstić information content (AvgIpc) is 3.17. The summed E-state index contributed by atoms with van der Waals surface area (Å²) in [5.41, 5.74) is 3.23. The van der Waals surface area contributed by atoms with Gasteiger partial charge in [-0.25, -0.2) is 4.98 Å². The molecule has 6 nitrogen and oxygen atoms in total. The van der Waals surface area contributed by atoms with Crippen molar-refractivity contribution in [2.45, 2.75) is 38.5 Å². The molecule has 1 aromatic carbocycles. The van der Waals surface area contributed by atoms with Crippen LogP contribution in [0.1, 0.15) is 42.9 Å². The van der Waals surface area contributed by atoms with Gasteiger partial charge in [0.25, 0.3) is 0 Å². The number of ether oxygens (including phenoxy) is 1. The van der Waals surface area contributed by atoms with Crippen molar-refractivity contribution in [3.63, 3.8) is 0 Å². The van der Waals surface area contributed by atoms with Crippen molar-refractivity contribution in [2.75, 3.05) is 44.4 Å². The van der Waals surface area contributed by atoms with Gasteiger partial charge in [-0.3, -0.25) is 0 Å². The highest BCUT2D eigenvalue weighted by atomic mass is 16.5. The van der Waals surface area contributed by atoms with Crippen LogP contribution in [0.3, 0.4) is 0 Å². The highest BCUT2D eigenvalue weighted by Gasteiger charge is 2.33. The standard InChI is InChI=1S/C22H31N5O/c1-15-10-21(23-2)26-22(24-15)25-18-6-7-20(28-3)19(13-18)17-11-16(12-17)14-27-8-4-5-9-27/h6-7,10,13,16-17H,4-5,8-9,11-12,14H2,1-3H3,(H2,23,24,25,26)/t16-,17+. The molecule has 0 spiro atoms. The topological polar surface area (TPSA) is 62.3 Å². The second-order valence-electron chi connectivity index (χ2n) is 8.09. The first-order chi connectivity index (χ1) is 13.6. The van der Waals surface area contributed by atoms with Crippen LogP contribution >= 0.6 is 0 Å². The fourth-order valence-corrected chi connectivity index (χ4v) is 4.48. The molecule has 0 atom stereocenters. The van der Waals surface area contributed by atoms with E-state index < -0.39 is 0 Å². The van der Waals surface area contributed by atoms with Gasteiger partial charge in [-0.15, -0.1) is 0 Å². The Morgan fingerprint density at radius 3 is 2.64 bits per heavy atom. The second kappa shape index (κ2) is 8.35. The monoisotopic (exact) mass is 381 g/mol. The van der Waals surface area contributed by atoms with Crippen molar-refractivity contribution in [1.82, 2.24) is 14.9 Å². The summed E-state index contributed by atoms with van der Waals surface area (Å²) >= 11 is 0. The van der Waals surface area contributed by atoms with E-state index in [0.717, 1.165) is 28.9 Å². The van der Waals surface area contributed by atoms with E-state index in [2.05, 4.69) is 37.6 Å². The molecule has 1 saturated carbocycles. The summed E-state index contributed by atoms with van der Waals surface area (Å²) in [5.74, 6) is 3.81. The van der Waals surface area contributed by atoms with Gasteiger partial charge >= 0.3 is 0 Å². The van der Waals surface area contributed by atoms with Gasteiger partial charge in [0.05, 0.1) is 7.11 Å². The number of anilines is 3. The van der Waals surface area contributed by atoms with Gasteiger partial charge in [0.1, 0.15) is 11.6 Å². The molecule has 1 aliphatic carbocycles. The van der Waals surface area contributed by atoms with Gasteiger partial charge in [0.15, 0.2) is 0 Å². The SMILES string of the molecule is CNc1cc(C)nc(Nc2ccc(OC)c([C@H]3C[C@@H](CN4CCCC4)C3)c2)n1. The summed E-state index contributed by atoms with van der Waals surface area (Å²) in [6, 6.07) is 8.23. The minimum absolute atomic E-state index is 0.579. The Morgan fingerprint density at radius 1 is 1.14 bits per heavy atom. The maximum absolute atomic E-state index is 5.65. The first-order valence-electron chi connectivity index (χ1n) is 10.4. The van der Waals surface area contributed by atoms with Crippen LogP contribution < -0.4 is 15.4 Å². The molecule has 1 saturated heterocycles. The molecule has 0 radical (unpaired) electrons. The molecule has 0 amide bonds. The third kappa shape index (κ3) is 4.22. The fraction of sp³-hybridized carbons (Fsp3) is 0.545. The minimum atomic E-state index is 0.579. The van der Waals surface area contributed by atoms with E-state index in [9.17, 15) is 0 Å². The van der Waals surface area contributed by atoms with Crippen LogP contribution in [0.5, 0.6) is 5.75 Å². The summed E-state index contributed by atoms with van der Waals surface area (Å²) < 4.78 is 5.65. The lowest BCUT2D eigenvalue weighted by atomic mass is 9.71. The van der Waals surface area contributed by atoms with Crippen LogP contribution in [0.15, 0.2) is 24.3 Å². The van der Waals surface area contributed by atoms with Gasteiger partial charge in [-0.2, -0.15) is 4.98 Å². The number of rotatable bonds is 7. The lowest BCUT2D eigenvalue weighted by Crippen LogP contribution is -2.34. The summed E-state index contributed by atoms with van der Waals surface area (Å²) in [7, 11) is 3.63. The molecule has 0 unspecified atom stereocenters. The summed E-state index contributed by atoms with van der Waals surface area (Å²) in [4.78, 5) is 11.6. The molecule has 2 aromatic rings. The van der Waals surface area contributed by atoms with E-state index in [-0.39, 0.29) is 0 Å². The van der Waals surface area contributed by atoms with Crippen molar-refractivity contribution in [1.29, 1.82) is 0 Å². The lowest BCUT2D eigenvalue weighted by Gasteiger charge is -2.38. The van der Waals surface area contributed by atoms with Crippen LogP contribution in [-0.4, -0.2) is 48.7 Å². The van der Waals surface area contributed by atoms with Crippen LogP contribution in [0, 0.1) is 12.8 Å². The van der Waals surface area contributed by atoms with Gasteiger partial charge in [-0.05, 0) is 81.3 Å². The zero-order valence-electron chi connectivity index (χ0n) is 17.2. The molecule has 2 N–H and O–H groups in total. The number of likely N-dealkylation sites (tertiary alicyclic amines) is 1. The highest BCUT2D eigenvalue weighted by Crippen LogP contribution is 2.46. The Hall–Kier alpha value is -2.34. The molecule has 2 heterocycles. The molecule has 1 aliphatic heterocycles. The van der Waals surface area contributed by atoms with E-state index in [1.807, 2.05) is 26.1 Å². The van der Waals surface area contributed by atoms with Crippen molar-refractivity contribution >= 4 is 17.5 Å². The Balaban J connectivity index is 1.45. The second-order valence-corrected chi connectivity index (χ2v) is 8.09. The van der Waals surface area contributed by atoms with Crippen LogP contribution in [-0.2, 0) is 0 Å². The van der Waals surface area contributed by atoms with Crippen LogP contribution in [0.2, 0.25) is 0 Å². The summed E-state index contributed by atoms with van der Waals surface area (Å²) in [5, 5.41) is 6.44. The molecule has 28 heavy (non-hydrogen) atoms. The molecule has 4 rings (SSSR count). The number of hydrogen-bond acceptors (Lipinski definition) is 6. The summed E-state index contributed by atoms with van der Waals surface area (Å²) in [6.45, 7) is 5.81. The van der Waals surface area contributed by atoms with E-state index in [1.165, 1.54) is 50.9 Å². The Bertz CT molecular complexity index is 813. The molecular weight excluding hydrogens is 350 g/mol. The quantitative estimate of drug-likeness (QED) is 0.751. The Labute approximate surface area is 167 Å². The third-order valence-corrected chi connectivity index (χ3v) is 5.99. The number of aromatic nitrogens is 2. The third-order valence-electron chi connectivity index (χ3n) is 5.99. The molecule has 2 fully saturated rings. The molecule has 0 bridgehead atoms. The van der Waals surface area contributed by atoms with Crippen molar-refractivity contribution in [3.8, 4) is 5.75 Å². The highest BCUT2D eigenvalue weighted by molar-refractivity contribution is 5.59. The summed E-state index contributed by atoms with van der Waals surface area (Å²) in [6.07, 6.45) is 5.24. The molecule has 6 heteroatoms. The fourth-order valence-electron chi connectivity index (χ4n) is 4.48. The van der Waals surface area contributed by atoms with E-state index in [4.69, 9.17) is 4.74 Å². The van der Waals surface area contributed by atoms with Gasteiger partial charge in [0, 0.05) is 31.0 Å². The van der Waals surface area contributed by atoms with E-state index >= 15 is 0 Å². The molecule has 1 aromatic heterocycles. The Morgan fingerprint density at radius 2 is 1.93 bits per heavy atom. The number of benzene rings is 1. The van der Waals surface area contributed by atoms with Gasteiger partial charge in [0.2, 0.25) is 5.95 Å². The first kappa shape index (κ1) is 19.0. The predicted octanol–water partition coefficient (Wildman–Crippen LogP) is 4.17. The maximum atomic E-state index is 5.65. The Kier molecular flexibility index (Phi) is 5.67. The van der Waals surface area contributed by atoms with Crippen molar-refractivity contribution in [2.24, 2.45) is 5.92 Å². The number of methoxy groups -OCH3 is 1. The van der Waals surface area contributed by atoms with Crippen LogP contribution in [0.25, 0.3) is 0 Å². The van der Waals surface area contributed by atoms with Gasteiger partial charge in [-0.1, -0.05) is 0 Å². The number of aryl methyl sites for hydroxylation is 1. The average molecular weight is 382 g/mol. The smallest absolute Gasteiger partial charge is 0.229 e. The van der Waals surface area contributed by atoms with E-state index in [0.29, 0.717) is 11.9 Å². The number of nitrogens with zero attached hydrogens (tertiary/aromatic N) is 3. The maximum Gasteiger partial charge on any atom is 0.229 e. The van der Waals surface area contributed by atoms with Gasteiger partial charge < -0.3 is 20.3 Å². The zero-order valence-corrected chi connectivity index (χ0v) is 17.2. The van der Waals surface area contributed by atoms with Crippen LogP contribution in [0.4, 0.5) is 17.5 Å². The number of hydrogen-bond donors (Lipinski definition) is 2. The first-order valence-corrected chi connectivity index (χ1v) is 10.4.